The van der Waals surface area contributed by atoms with Crippen molar-refractivity contribution in [3.63, 3.8) is 0 Å². The second kappa shape index (κ2) is 7.32. The van der Waals surface area contributed by atoms with Crippen LogP contribution in [0, 0.1) is 0 Å². The second-order valence-corrected chi connectivity index (χ2v) is 6.37. The van der Waals surface area contributed by atoms with Gasteiger partial charge in [-0.15, -0.1) is 0 Å². The Morgan fingerprint density at radius 3 is 2.17 bits per heavy atom. The molecule has 0 saturated carbocycles. The predicted molar refractivity (Wildman–Crippen MR) is 98.4 cm³/mol. The second-order valence-electron chi connectivity index (χ2n) is 6.37. The maximum absolute atomic E-state index is 4.72. The van der Waals surface area contributed by atoms with Crippen LogP contribution >= 0.6 is 0 Å². The van der Waals surface area contributed by atoms with Gasteiger partial charge >= 0.3 is 0 Å². The average molecular weight is 307 g/mol. The van der Waals surface area contributed by atoms with E-state index >= 15 is 0 Å². The zero-order chi connectivity index (χ0) is 16.1. The van der Waals surface area contributed by atoms with Crippen molar-refractivity contribution in [2.75, 3.05) is 5.32 Å². The number of anilines is 2. The quantitative estimate of drug-likeness (QED) is 0.802. The van der Waals surface area contributed by atoms with Crippen molar-refractivity contribution in [1.82, 2.24) is 5.01 Å². The van der Waals surface area contributed by atoms with E-state index < -0.39 is 0 Å². The first-order valence-corrected chi connectivity index (χ1v) is 8.47. The van der Waals surface area contributed by atoms with E-state index in [1.165, 1.54) is 19.3 Å². The van der Waals surface area contributed by atoms with Crippen LogP contribution in [-0.2, 0) is 0 Å². The SMILES string of the molecule is CC1CCCC(C)N1N=Cc1ccc(Nc2ccccc2)cc1. The molecule has 2 aromatic rings. The molecule has 1 aliphatic heterocycles. The first kappa shape index (κ1) is 15.6. The van der Waals surface area contributed by atoms with Gasteiger partial charge in [0, 0.05) is 23.5 Å². The number of nitrogens with one attached hydrogen (secondary N) is 1. The molecular weight excluding hydrogens is 282 g/mol. The number of hydrazone groups is 1. The molecule has 1 N–H and O–H groups in total. The van der Waals surface area contributed by atoms with E-state index in [1.54, 1.807) is 0 Å². The standard InChI is InChI=1S/C20H25N3/c1-16-7-6-8-17(2)23(16)21-15-18-11-13-20(14-12-18)22-19-9-4-3-5-10-19/h3-5,9-17,22H,6-8H2,1-2H3. The van der Waals surface area contributed by atoms with Crippen LogP contribution in [0.25, 0.3) is 0 Å². The van der Waals surface area contributed by atoms with E-state index in [2.05, 4.69) is 60.6 Å². The lowest BCUT2D eigenvalue weighted by molar-refractivity contribution is 0.109. The van der Waals surface area contributed by atoms with Crippen LogP contribution in [0.15, 0.2) is 59.7 Å². The van der Waals surface area contributed by atoms with Gasteiger partial charge in [0.2, 0.25) is 0 Å². The molecular formula is C20H25N3. The summed E-state index contributed by atoms with van der Waals surface area (Å²) in [6, 6.07) is 19.7. The van der Waals surface area contributed by atoms with Crippen LogP contribution in [0.4, 0.5) is 11.4 Å². The molecule has 3 nitrogen and oxygen atoms in total. The first-order chi connectivity index (χ1) is 11.2. The summed E-state index contributed by atoms with van der Waals surface area (Å²) in [7, 11) is 0. The predicted octanol–water partition coefficient (Wildman–Crippen LogP) is 5.03. The van der Waals surface area contributed by atoms with Crippen LogP contribution in [-0.4, -0.2) is 23.3 Å². The van der Waals surface area contributed by atoms with E-state index in [0.717, 1.165) is 16.9 Å². The van der Waals surface area contributed by atoms with E-state index in [0.29, 0.717) is 12.1 Å². The van der Waals surface area contributed by atoms with Crippen molar-refractivity contribution in [3.05, 3.63) is 60.2 Å². The summed E-state index contributed by atoms with van der Waals surface area (Å²) in [6.07, 6.45) is 5.77. The van der Waals surface area contributed by atoms with Crippen LogP contribution in [0.2, 0.25) is 0 Å². The van der Waals surface area contributed by atoms with Crippen molar-refractivity contribution < 1.29 is 0 Å². The summed E-state index contributed by atoms with van der Waals surface area (Å²) in [6.45, 7) is 4.53. The van der Waals surface area contributed by atoms with Gasteiger partial charge in [-0.05, 0) is 62.9 Å². The molecule has 1 heterocycles. The first-order valence-electron chi connectivity index (χ1n) is 8.47. The molecule has 1 aliphatic rings. The molecule has 0 spiro atoms. The number of nitrogens with zero attached hydrogens (tertiary/aromatic N) is 2. The van der Waals surface area contributed by atoms with Crippen molar-refractivity contribution >= 4 is 17.6 Å². The van der Waals surface area contributed by atoms with Gasteiger partial charge in [-0.1, -0.05) is 30.3 Å². The molecule has 2 atom stereocenters. The fraction of sp³-hybridized carbons (Fsp3) is 0.350. The van der Waals surface area contributed by atoms with Gasteiger partial charge in [0.1, 0.15) is 0 Å². The van der Waals surface area contributed by atoms with Crippen LogP contribution in [0.5, 0.6) is 0 Å². The van der Waals surface area contributed by atoms with Crippen molar-refractivity contribution in [2.24, 2.45) is 5.10 Å². The summed E-state index contributed by atoms with van der Waals surface area (Å²) in [4.78, 5) is 0. The van der Waals surface area contributed by atoms with Crippen molar-refractivity contribution in [1.29, 1.82) is 0 Å². The largest absolute Gasteiger partial charge is 0.356 e. The molecule has 2 unspecified atom stereocenters. The summed E-state index contributed by atoms with van der Waals surface area (Å²) in [5.74, 6) is 0. The smallest absolute Gasteiger partial charge is 0.0543 e. The number of para-hydroxylation sites is 1. The van der Waals surface area contributed by atoms with E-state index in [4.69, 9.17) is 5.10 Å². The highest BCUT2D eigenvalue weighted by Crippen LogP contribution is 2.22. The van der Waals surface area contributed by atoms with Crippen molar-refractivity contribution in [3.8, 4) is 0 Å². The van der Waals surface area contributed by atoms with Gasteiger partial charge in [0.05, 0.1) is 6.21 Å². The number of hydrogen-bond acceptors (Lipinski definition) is 3. The summed E-state index contributed by atoms with van der Waals surface area (Å²) in [5.41, 5.74) is 3.33. The third kappa shape index (κ3) is 4.13. The number of hydrogen-bond donors (Lipinski definition) is 1. The summed E-state index contributed by atoms with van der Waals surface area (Å²) in [5, 5.41) is 10.4. The molecule has 1 saturated heterocycles. The lowest BCUT2D eigenvalue weighted by atomic mass is 10.00. The van der Waals surface area contributed by atoms with Crippen LogP contribution in [0.3, 0.4) is 0 Å². The van der Waals surface area contributed by atoms with Crippen molar-refractivity contribution in [2.45, 2.75) is 45.2 Å². The third-order valence-electron chi connectivity index (χ3n) is 4.46. The Morgan fingerprint density at radius 2 is 1.52 bits per heavy atom. The van der Waals surface area contributed by atoms with Gasteiger partial charge < -0.3 is 5.32 Å². The molecule has 0 bridgehead atoms. The Kier molecular flexibility index (Phi) is 4.96. The minimum Gasteiger partial charge on any atom is -0.356 e. The fourth-order valence-electron chi connectivity index (χ4n) is 3.11. The fourth-order valence-corrected chi connectivity index (χ4v) is 3.11. The molecule has 0 aliphatic carbocycles. The molecule has 1 fully saturated rings. The molecule has 2 aromatic carbocycles. The maximum atomic E-state index is 4.72. The highest BCUT2D eigenvalue weighted by molar-refractivity contribution is 5.80. The topological polar surface area (TPSA) is 27.6 Å². The Morgan fingerprint density at radius 1 is 0.913 bits per heavy atom. The van der Waals surface area contributed by atoms with Crippen LogP contribution in [0.1, 0.15) is 38.7 Å². The zero-order valence-corrected chi connectivity index (χ0v) is 13.9. The molecule has 3 rings (SSSR count). The number of rotatable bonds is 4. The highest BCUT2D eigenvalue weighted by Gasteiger charge is 2.22. The van der Waals surface area contributed by atoms with Gasteiger partial charge in [-0.2, -0.15) is 5.10 Å². The van der Waals surface area contributed by atoms with E-state index in [-0.39, 0.29) is 0 Å². The Balaban J connectivity index is 1.64. The normalized spacial score (nSPS) is 21.6. The van der Waals surface area contributed by atoms with Crippen LogP contribution < -0.4 is 5.32 Å². The number of piperidine rings is 1. The summed E-state index contributed by atoms with van der Waals surface area (Å²) < 4.78 is 0. The molecule has 0 aromatic heterocycles. The number of benzene rings is 2. The molecule has 0 amide bonds. The molecule has 3 heteroatoms. The molecule has 0 radical (unpaired) electrons. The third-order valence-corrected chi connectivity index (χ3v) is 4.46. The lowest BCUT2D eigenvalue weighted by Crippen LogP contribution is -2.39. The minimum absolute atomic E-state index is 0.536. The van der Waals surface area contributed by atoms with E-state index in [1.807, 2.05) is 24.4 Å². The lowest BCUT2D eigenvalue weighted by Gasteiger charge is -2.36. The maximum Gasteiger partial charge on any atom is 0.0543 e. The molecule has 120 valence electrons. The van der Waals surface area contributed by atoms with Gasteiger partial charge in [-0.25, -0.2) is 0 Å². The highest BCUT2D eigenvalue weighted by atomic mass is 15.5. The minimum atomic E-state index is 0.536. The Bertz CT molecular complexity index is 624. The molecule has 23 heavy (non-hydrogen) atoms. The monoisotopic (exact) mass is 307 g/mol. The summed E-state index contributed by atoms with van der Waals surface area (Å²) >= 11 is 0. The van der Waals surface area contributed by atoms with Gasteiger partial charge in [-0.3, -0.25) is 5.01 Å². The van der Waals surface area contributed by atoms with Gasteiger partial charge in [0.15, 0.2) is 0 Å². The Hall–Kier alpha value is -2.29. The van der Waals surface area contributed by atoms with E-state index in [9.17, 15) is 0 Å². The van der Waals surface area contributed by atoms with Gasteiger partial charge in [0.25, 0.3) is 0 Å². The average Bonchev–Trinajstić information content (AvgIpc) is 2.57. The zero-order valence-electron chi connectivity index (χ0n) is 13.9. The Labute approximate surface area is 139 Å².